The van der Waals surface area contributed by atoms with E-state index in [1.54, 1.807) is 0 Å². The molecule has 0 aromatic rings. The number of rotatable bonds is 2. The summed E-state index contributed by atoms with van der Waals surface area (Å²) in [5.74, 6) is 0. The van der Waals surface area contributed by atoms with Gasteiger partial charge in [-0.15, -0.1) is 0 Å². The first-order valence-electron chi connectivity index (χ1n) is 4.59. The van der Waals surface area contributed by atoms with Gasteiger partial charge >= 0.3 is 0 Å². The molecule has 0 heterocycles. The predicted molar refractivity (Wildman–Crippen MR) is 53.0 cm³/mol. The quantitative estimate of drug-likeness (QED) is 0.694. The number of hydrogen-bond acceptors (Lipinski definition) is 2. The van der Waals surface area contributed by atoms with Crippen molar-refractivity contribution in [2.24, 2.45) is 5.73 Å². The third kappa shape index (κ3) is 3.48. The lowest BCUT2D eigenvalue weighted by Gasteiger charge is -2.27. The maximum atomic E-state index is 5.89. The van der Waals surface area contributed by atoms with Crippen LogP contribution in [-0.4, -0.2) is 16.5 Å². The van der Waals surface area contributed by atoms with Crippen LogP contribution in [0, 0.1) is 0 Å². The Morgan fingerprint density at radius 3 is 2.64 bits per heavy atom. The fraction of sp³-hybridized carbons (Fsp3) is 1.00. The molecule has 66 valence electrons. The first kappa shape index (κ1) is 9.40. The van der Waals surface area contributed by atoms with Crippen molar-refractivity contribution in [3.63, 3.8) is 0 Å². The van der Waals surface area contributed by atoms with E-state index in [4.69, 9.17) is 5.73 Å². The van der Waals surface area contributed by atoms with Gasteiger partial charge in [-0.3, -0.25) is 0 Å². The van der Waals surface area contributed by atoms with Crippen LogP contribution in [0.5, 0.6) is 0 Å². The molecule has 0 amide bonds. The minimum absolute atomic E-state index is 0.486. The summed E-state index contributed by atoms with van der Waals surface area (Å²) in [5.41, 5.74) is 5.89. The lowest BCUT2D eigenvalue weighted by molar-refractivity contribution is 0.451. The summed E-state index contributed by atoms with van der Waals surface area (Å²) in [6.07, 6.45) is 5.21. The van der Waals surface area contributed by atoms with E-state index in [9.17, 15) is 0 Å². The van der Waals surface area contributed by atoms with Gasteiger partial charge in [-0.2, -0.15) is 11.8 Å². The van der Waals surface area contributed by atoms with Gasteiger partial charge < -0.3 is 5.73 Å². The topological polar surface area (TPSA) is 26.0 Å². The minimum Gasteiger partial charge on any atom is -0.328 e. The van der Waals surface area contributed by atoms with Gasteiger partial charge in [-0.1, -0.05) is 20.3 Å². The van der Waals surface area contributed by atoms with Crippen molar-refractivity contribution in [2.75, 3.05) is 0 Å². The molecule has 2 N–H and O–H groups in total. The van der Waals surface area contributed by atoms with Crippen LogP contribution in [-0.2, 0) is 0 Å². The van der Waals surface area contributed by atoms with Crippen molar-refractivity contribution in [2.45, 2.75) is 56.1 Å². The first-order valence-corrected chi connectivity index (χ1v) is 5.54. The molecule has 2 unspecified atom stereocenters. The predicted octanol–water partition coefficient (Wildman–Crippen LogP) is 2.40. The lowest BCUT2D eigenvalue weighted by atomic mass is 9.96. The largest absolute Gasteiger partial charge is 0.328 e. The Kier molecular flexibility index (Phi) is 3.73. The number of hydrogen-bond donors (Lipinski definition) is 1. The molecule has 2 atom stereocenters. The van der Waals surface area contributed by atoms with E-state index in [1.165, 1.54) is 25.7 Å². The van der Waals surface area contributed by atoms with Crippen LogP contribution in [0.4, 0.5) is 0 Å². The zero-order valence-electron chi connectivity index (χ0n) is 7.55. The summed E-state index contributed by atoms with van der Waals surface area (Å²) in [6.45, 7) is 4.54. The number of nitrogens with two attached hydrogens (primary N) is 1. The van der Waals surface area contributed by atoms with Gasteiger partial charge in [0, 0.05) is 11.3 Å². The average Bonchev–Trinajstić information content (AvgIpc) is 1.85. The highest BCUT2D eigenvalue weighted by atomic mass is 32.2. The maximum absolute atomic E-state index is 5.89. The fourth-order valence-electron chi connectivity index (χ4n) is 1.69. The summed E-state index contributed by atoms with van der Waals surface area (Å²) in [4.78, 5) is 0. The average molecular weight is 173 g/mol. The molecule has 0 aromatic heterocycles. The zero-order chi connectivity index (χ0) is 8.27. The summed E-state index contributed by atoms with van der Waals surface area (Å²) >= 11 is 2.10. The molecular formula is C9H19NS. The lowest BCUT2D eigenvalue weighted by Crippen LogP contribution is -2.29. The van der Waals surface area contributed by atoms with Gasteiger partial charge in [-0.05, 0) is 24.5 Å². The van der Waals surface area contributed by atoms with Crippen LogP contribution in [0.2, 0.25) is 0 Å². The van der Waals surface area contributed by atoms with E-state index < -0.39 is 0 Å². The molecule has 0 spiro atoms. The van der Waals surface area contributed by atoms with Gasteiger partial charge in [0.05, 0.1) is 0 Å². The molecule has 0 saturated heterocycles. The van der Waals surface area contributed by atoms with Crippen LogP contribution < -0.4 is 5.73 Å². The molecule has 0 radical (unpaired) electrons. The Balaban J connectivity index is 2.23. The zero-order valence-corrected chi connectivity index (χ0v) is 8.36. The molecule has 1 aliphatic carbocycles. The summed E-state index contributed by atoms with van der Waals surface area (Å²) in [6, 6.07) is 0.486. The molecule has 1 rings (SSSR count). The van der Waals surface area contributed by atoms with Crippen LogP contribution >= 0.6 is 11.8 Å². The van der Waals surface area contributed by atoms with Crippen LogP contribution in [0.3, 0.4) is 0 Å². The molecule has 1 fully saturated rings. The maximum Gasteiger partial charge on any atom is 0.00643 e. The molecule has 11 heavy (non-hydrogen) atoms. The van der Waals surface area contributed by atoms with Crippen molar-refractivity contribution in [3.8, 4) is 0 Å². The summed E-state index contributed by atoms with van der Waals surface area (Å²) < 4.78 is 0. The second-order valence-electron chi connectivity index (χ2n) is 3.73. The van der Waals surface area contributed by atoms with E-state index in [0.717, 1.165) is 10.5 Å². The Morgan fingerprint density at radius 1 is 1.36 bits per heavy atom. The molecule has 1 saturated carbocycles. The highest BCUT2D eigenvalue weighted by Gasteiger charge is 2.19. The SMILES string of the molecule is CC(C)SC1CCCC(N)C1. The van der Waals surface area contributed by atoms with Crippen molar-refractivity contribution in [3.05, 3.63) is 0 Å². The van der Waals surface area contributed by atoms with Crippen molar-refractivity contribution >= 4 is 11.8 Å². The van der Waals surface area contributed by atoms with Crippen molar-refractivity contribution in [1.82, 2.24) is 0 Å². The molecule has 1 aliphatic rings. The van der Waals surface area contributed by atoms with Gasteiger partial charge in [0.1, 0.15) is 0 Å². The van der Waals surface area contributed by atoms with E-state index in [2.05, 4.69) is 25.6 Å². The third-order valence-corrected chi connectivity index (χ3v) is 3.49. The molecular weight excluding hydrogens is 154 g/mol. The minimum atomic E-state index is 0.486. The Labute approximate surface area is 74.1 Å². The molecule has 0 aromatic carbocycles. The molecule has 0 bridgehead atoms. The summed E-state index contributed by atoms with van der Waals surface area (Å²) in [7, 11) is 0. The third-order valence-electron chi connectivity index (χ3n) is 2.13. The standard InChI is InChI=1S/C9H19NS/c1-7(2)11-9-5-3-4-8(10)6-9/h7-9H,3-6,10H2,1-2H3. The second-order valence-corrected chi connectivity index (χ2v) is 5.62. The van der Waals surface area contributed by atoms with Gasteiger partial charge in [0.15, 0.2) is 0 Å². The monoisotopic (exact) mass is 173 g/mol. The van der Waals surface area contributed by atoms with Gasteiger partial charge in [0.2, 0.25) is 0 Å². The van der Waals surface area contributed by atoms with Gasteiger partial charge in [0.25, 0.3) is 0 Å². The van der Waals surface area contributed by atoms with Gasteiger partial charge in [-0.25, -0.2) is 0 Å². The van der Waals surface area contributed by atoms with Crippen molar-refractivity contribution < 1.29 is 0 Å². The highest BCUT2D eigenvalue weighted by Crippen LogP contribution is 2.30. The van der Waals surface area contributed by atoms with Crippen LogP contribution in [0.25, 0.3) is 0 Å². The van der Waals surface area contributed by atoms with E-state index >= 15 is 0 Å². The van der Waals surface area contributed by atoms with E-state index in [1.807, 2.05) is 0 Å². The number of thioether (sulfide) groups is 1. The van der Waals surface area contributed by atoms with E-state index in [-0.39, 0.29) is 0 Å². The molecule has 0 aliphatic heterocycles. The Morgan fingerprint density at radius 2 is 2.09 bits per heavy atom. The smallest absolute Gasteiger partial charge is 0.00643 e. The van der Waals surface area contributed by atoms with Crippen molar-refractivity contribution in [1.29, 1.82) is 0 Å². The van der Waals surface area contributed by atoms with Crippen LogP contribution in [0.1, 0.15) is 39.5 Å². The highest BCUT2D eigenvalue weighted by molar-refractivity contribution is 8.00. The fourth-order valence-corrected chi connectivity index (χ4v) is 3.12. The molecule has 2 heteroatoms. The molecule has 1 nitrogen and oxygen atoms in total. The van der Waals surface area contributed by atoms with E-state index in [0.29, 0.717) is 6.04 Å². The normalized spacial score (nSPS) is 32.7. The summed E-state index contributed by atoms with van der Waals surface area (Å²) in [5, 5.41) is 1.61. The second kappa shape index (κ2) is 4.36. The Hall–Kier alpha value is 0.310. The Bertz CT molecular complexity index is 112. The first-order chi connectivity index (χ1) is 5.18. The van der Waals surface area contributed by atoms with Crippen LogP contribution in [0.15, 0.2) is 0 Å².